The number of carbonyl (C=O) groups is 1. The molecule has 24 heavy (non-hydrogen) atoms. The topological polar surface area (TPSA) is 64.1 Å². The van der Waals surface area contributed by atoms with E-state index in [1.807, 2.05) is 33.8 Å². The summed E-state index contributed by atoms with van der Waals surface area (Å²) in [5.41, 5.74) is -0.485. The Morgan fingerprint density at radius 2 is 2.21 bits per heavy atom. The van der Waals surface area contributed by atoms with Crippen molar-refractivity contribution in [3.8, 4) is 11.5 Å². The fourth-order valence-corrected chi connectivity index (χ4v) is 2.94. The Balaban J connectivity index is 1.70. The van der Waals surface area contributed by atoms with Gasteiger partial charge in [0.1, 0.15) is 18.0 Å². The Bertz CT molecular complexity index is 614. The van der Waals surface area contributed by atoms with E-state index in [-0.39, 0.29) is 12.1 Å². The summed E-state index contributed by atoms with van der Waals surface area (Å²) in [5.74, 6) is 2.27. The number of aromatic nitrogens is 1. The summed E-state index contributed by atoms with van der Waals surface area (Å²) in [6, 6.07) is 1.96. The number of amides is 1. The van der Waals surface area contributed by atoms with Crippen molar-refractivity contribution in [3.05, 3.63) is 12.3 Å². The van der Waals surface area contributed by atoms with Crippen molar-refractivity contribution in [2.45, 2.75) is 39.3 Å². The second-order valence-corrected chi connectivity index (χ2v) is 7.01. The quantitative estimate of drug-likeness (QED) is 0.826. The van der Waals surface area contributed by atoms with Gasteiger partial charge >= 0.3 is 6.09 Å². The van der Waals surface area contributed by atoms with Crippen molar-refractivity contribution in [1.29, 1.82) is 0 Å². The second kappa shape index (κ2) is 6.37. The molecule has 0 radical (unpaired) electrons. The van der Waals surface area contributed by atoms with Crippen LogP contribution in [0, 0.1) is 0 Å². The van der Waals surface area contributed by atoms with Crippen molar-refractivity contribution in [3.63, 3.8) is 0 Å². The molecule has 7 nitrogen and oxygen atoms in total. The zero-order chi connectivity index (χ0) is 17.3. The molecule has 1 aromatic heterocycles. The molecule has 0 aromatic carbocycles. The van der Waals surface area contributed by atoms with Crippen LogP contribution in [0.4, 0.5) is 10.6 Å². The summed E-state index contributed by atoms with van der Waals surface area (Å²) in [6.45, 7) is 10.6. The summed E-state index contributed by atoms with van der Waals surface area (Å²) in [5, 5.41) is 0. The van der Waals surface area contributed by atoms with Crippen LogP contribution in [0.2, 0.25) is 0 Å². The maximum absolute atomic E-state index is 12.3. The van der Waals surface area contributed by atoms with Crippen LogP contribution in [0.1, 0.15) is 27.7 Å². The summed E-state index contributed by atoms with van der Waals surface area (Å²) in [4.78, 5) is 20.7. The van der Waals surface area contributed by atoms with Crippen molar-refractivity contribution >= 4 is 11.9 Å². The minimum Gasteiger partial charge on any atom is -0.492 e. The van der Waals surface area contributed by atoms with Crippen LogP contribution in [-0.2, 0) is 4.74 Å². The molecule has 1 saturated heterocycles. The highest BCUT2D eigenvalue weighted by Gasteiger charge is 2.36. The number of nitrogens with zero attached hydrogens (tertiary/aromatic N) is 3. The number of anilines is 1. The fraction of sp³-hybridized carbons (Fsp3) is 0.647. The first kappa shape index (κ1) is 16.7. The van der Waals surface area contributed by atoms with Gasteiger partial charge in [-0.15, -0.1) is 0 Å². The lowest BCUT2D eigenvalue weighted by Gasteiger charge is -2.44. The van der Waals surface area contributed by atoms with Crippen molar-refractivity contribution < 1.29 is 19.0 Å². The summed E-state index contributed by atoms with van der Waals surface area (Å²) in [7, 11) is 0. The van der Waals surface area contributed by atoms with Gasteiger partial charge in [0.15, 0.2) is 11.6 Å². The number of carbonyl (C=O) groups excluding carboxylic acids is 1. The maximum Gasteiger partial charge on any atom is 0.410 e. The lowest BCUT2D eigenvalue weighted by atomic mass is 10.1. The molecule has 1 fully saturated rings. The summed E-state index contributed by atoms with van der Waals surface area (Å²) < 4.78 is 16.8. The van der Waals surface area contributed by atoms with Crippen LogP contribution in [0.5, 0.6) is 11.5 Å². The summed E-state index contributed by atoms with van der Waals surface area (Å²) >= 11 is 0. The van der Waals surface area contributed by atoms with E-state index < -0.39 is 5.60 Å². The highest BCUT2D eigenvalue weighted by Crippen LogP contribution is 2.35. The van der Waals surface area contributed by atoms with E-state index >= 15 is 0 Å². The van der Waals surface area contributed by atoms with Crippen LogP contribution >= 0.6 is 0 Å². The molecule has 1 aromatic rings. The average Bonchev–Trinajstić information content (AvgIpc) is 2.52. The molecule has 1 amide bonds. The highest BCUT2D eigenvalue weighted by atomic mass is 16.6. The Labute approximate surface area is 142 Å². The molecule has 7 heteroatoms. The van der Waals surface area contributed by atoms with Gasteiger partial charge in [-0.2, -0.15) is 0 Å². The third-order valence-corrected chi connectivity index (χ3v) is 3.96. The molecule has 2 aliphatic heterocycles. The van der Waals surface area contributed by atoms with E-state index in [1.165, 1.54) is 0 Å². The predicted molar refractivity (Wildman–Crippen MR) is 89.8 cm³/mol. The number of hydrogen-bond acceptors (Lipinski definition) is 6. The molecular weight excluding hydrogens is 310 g/mol. The van der Waals surface area contributed by atoms with Crippen molar-refractivity contribution in [2.24, 2.45) is 0 Å². The number of rotatable bonds is 2. The zero-order valence-electron chi connectivity index (χ0n) is 14.7. The monoisotopic (exact) mass is 335 g/mol. The molecule has 0 saturated carbocycles. The smallest absolute Gasteiger partial charge is 0.410 e. The molecule has 2 aliphatic rings. The Kier molecular flexibility index (Phi) is 4.43. The molecule has 0 N–H and O–H groups in total. The van der Waals surface area contributed by atoms with Crippen molar-refractivity contribution in [1.82, 2.24) is 9.88 Å². The van der Waals surface area contributed by atoms with Gasteiger partial charge in [-0.1, -0.05) is 0 Å². The molecule has 132 valence electrons. The van der Waals surface area contributed by atoms with E-state index in [0.29, 0.717) is 38.6 Å². The zero-order valence-corrected chi connectivity index (χ0v) is 14.7. The van der Waals surface area contributed by atoms with Gasteiger partial charge in [0.2, 0.25) is 0 Å². The van der Waals surface area contributed by atoms with Gasteiger partial charge in [0, 0.05) is 25.7 Å². The van der Waals surface area contributed by atoms with Gasteiger partial charge in [-0.05, 0) is 27.7 Å². The summed E-state index contributed by atoms with van der Waals surface area (Å²) in [6.07, 6.45) is 1.45. The average molecular weight is 335 g/mol. The van der Waals surface area contributed by atoms with E-state index in [1.54, 1.807) is 11.1 Å². The second-order valence-electron chi connectivity index (χ2n) is 7.01. The normalized spacial score (nSPS) is 19.9. The van der Waals surface area contributed by atoms with E-state index in [4.69, 9.17) is 14.2 Å². The largest absolute Gasteiger partial charge is 0.492 e. The van der Waals surface area contributed by atoms with Gasteiger partial charge in [0.25, 0.3) is 0 Å². The maximum atomic E-state index is 12.3. The predicted octanol–water partition coefficient (Wildman–Crippen LogP) is 2.30. The first-order chi connectivity index (χ1) is 11.4. The lowest BCUT2D eigenvalue weighted by Crippen LogP contribution is -2.59. The van der Waals surface area contributed by atoms with Crippen LogP contribution in [0.25, 0.3) is 0 Å². The number of ether oxygens (including phenoxy) is 3. The Hall–Kier alpha value is -2.18. The third-order valence-electron chi connectivity index (χ3n) is 3.96. The fourth-order valence-electron chi connectivity index (χ4n) is 2.94. The number of piperazine rings is 1. The van der Waals surface area contributed by atoms with Crippen LogP contribution in [-0.4, -0.2) is 60.5 Å². The molecule has 0 unspecified atom stereocenters. The van der Waals surface area contributed by atoms with Gasteiger partial charge < -0.3 is 24.0 Å². The van der Waals surface area contributed by atoms with Gasteiger partial charge in [-0.3, -0.25) is 0 Å². The first-order valence-electron chi connectivity index (χ1n) is 8.37. The molecular formula is C17H25N3O4. The Morgan fingerprint density at radius 3 is 2.92 bits per heavy atom. The third kappa shape index (κ3) is 3.49. The standard InChI is InChI=1S/C17H25N3O4/c1-5-22-13-8-14-15(18-9-13)20-7-6-19(10-12(20)11-23-14)16(21)24-17(2,3)4/h8-9,12H,5-7,10-11H2,1-4H3/t12-/m0/s1. The van der Waals surface area contributed by atoms with Gasteiger partial charge in [0.05, 0.1) is 18.8 Å². The minimum atomic E-state index is -0.485. The van der Waals surface area contributed by atoms with E-state index in [2.05, 4.69) is 9.88 Å². The number of hydrogen-bond donors (Lipinski definition) is 0. The van der Waals surface area contributed by atoms with Crippen molar-refractivity contribution in [2.75, 3.05) is 37.7 Å². The Morgan fingerprint density at radius 1 is 1.42 bits per heavy atom. The molecule has 3 rings (SSSR count). The number of pyridine rings is 1. The molecule has 0 aliphatic carbocycles. The van der Waals surface area contributed by atoms with E-state index in [9.17, 15) is 4.79 Å². The molecule has 0 bridgehead atoms. The van der Waals surface area contributed by atoms with Gasteiger partial charge in [-0.25, -0.2) is 9.78 Å². The first-order valence-corrected chi connectivity index (χ1v) is 8.37. The lowest BCUT2D eigenvalue weighted by molar-refractivity contribution is 0.0194. The van der Waals surface area contributed by atoms with Crippen LogP contribution < -0.4 is 14.4 Å². The molecule has 1 atom stereocenters. The van der Waals surface area contributed by atoms with E-state index in [0.717, 1.165) is 11.6 Å². The minimum absolute atomic E-state index is 0.0872. The highest BCUT2D eigenvalue weighted by molar-refractivity contribution is 5.69. The number of fused-ring (bicyclic) bond motifs is 3. The molecule has 0 spiro atoms. The van der Waals surface area contributed by atoms with Crippen LogP contribution in [0.3, 0.4) is 0 Å². The SMILES string of the molecule is CCOc1cnc2c(c1)OC[C@@H]1CN(C(=O)OC(C)(C)C)CCN21. The van der Waals surface area contributed by atoms with Crippen LogP contribution in [0.15, 0.2) is 12.3 Å². The molecule has 3 heterocycles.